The number of hydrogen-bond donors (Lipinski definition) is 0. The Balaban J connectivity index is 2.02. The molecule has 0 unspecified atom stereocenters. The number of hydrogen-bond acceptors (Lipinski definition) is 1. The second kappa shape index (κ2) is 4.46. The van der Waals surface area contributed by atoms with Crippen LogP contribution in [0.15, 0.2) is 47.1 Å². The van der Waals surface area contributed by atoms with Gasteiger partial charge in [-0.15, -0.1) is 0 Å². The topological polar surface area (TPSA) is 12.9 Å². The number of aromatic nitrogens is 1. The fourth-order valence-electron chi connectivity index (χ4n) is 2.24. The van der Waals surface area contributed by atoms with E-state index in [0.29, 0.717) is 0 Å². The van der Waals surface area contributed by atoms with Crippen LogP contribution in [0, 0.1) is 0 Å². The lowest BCUT2D eigenvalue weighted by molar-refractivity contribution is 1.08. The lowest BCUT2D eigenvalue weighted by atomic mass is 10.1. The number of halogens is 1. The SMILES string of the molecule is Brc1cnc2c(c1)CC/C2=C\c1ccccc1. The Hall–Kier alpha value is -1.41. The number of aryl methyl sites for hydroxylation is 1. The molecule has 0 amide bonds. The number of pyridine rings is 1. The van der Waals surface area contributed by atoms with Gasteiger partial charge in [-0.3, -0.25) is 4.98 Å². The molecule has 0 spiro atoms. The zero-order valence-corrected chi connectivity index (χ0v) is 10.9. The van der Waals surface area contributed by atoms with Crippen LogP contribution in [0.3, 0.4) is 0 Å². The third-order valence-electron chi connectivity index (χ3n) is 3.04. The van der Waals surface area contributed by atoms with Crippen LogP contribution < -0.4 is 0 Å². The average Bonchev–Trinajstić information content (AvgIpc) is 2.73. The summed E-state index contributed by atoms with van der Waals surface area (Å²) in [5.41, 5.74) is 5.11. The van der Waals surface area contributed by atoms with Crippen molar-refractivity contribution in [3.63, 3.8) is 0 Å². The summed E-state index contributed by atoms with van der Waals surface area (Å²) in [7, 11) is 0. The standard InChI is InChI=1S/C15H12BrN/c16-14-9-13-7-6-12(15(13)17-10-14)8-11-4-2-1-3-5-11/h1-5,8-10H,6-7H2/b12-8+. The normalized spacial score (nSPS) is 16.2. The lowest BCUT2D eigenvalue weighted by Gasteiger charge is -2.01. The highest BCUT2D eigenvalue weighted by molar-refractivity contribution is 9.10. The molecule has 3 rings (SSSR count). The van der Waals surface area contributed by atoms with Crippen LogP contribution in [0.5, 0.6) is 0 Å². The number of benzene rings is 1. The molecule has 17 heavy (non-hydrogen) atoms. The van der Waals surface area contributed by atoms with Crippen LogP contribution in [-0.2, 0) is 6.42 Å². The van der Waals surface area contributed by atoms with Crippen molar-refractivity contribution in [2.45, 2.75) is 12.8 Å². The Kier molecular flexibility index (Phi) is 2.81. The van der Waals surface area contributed by atoms with Gasteiger partial charge in [0.1, 0.15) is 0 Å². The fourth-order valence-corrected chi connectivity index (χ4v) is 2.62. The van der Waals surface area contributed by atoms with E-state index in [2.05, 4.69) is 57.3 Å². The molecule has 0 radical (unpaired) electrons. The maximum Gasteiger partial charge on any atom is 0.0694 e. The van der Waals surface area contributed by atoms with Gasteiger partial charge in [-0.1, -0.05) is 30.3 Å². The summed E-state index contributed by atoms with van der Waals surface area (Å²) in [4.78, 5) is 4.52. The van der Waals surface area contributed by atoms with Crippen LogP contribution in [0.25, 0.3) is 11.6 Å². The third-order valence-corrected chi connectivity index (χ3v) is 3.48. The minimum Gasteiger partial charge on any atom is -0.255 e. The third kappa shape index (κ3) is 2.18. The van der Waals surface area contributed by atoms with Crippen molar-refractivity contribution in [2.75, 3.05) is 0 Å². The van der Waals surface area contributed by atoms with Gasteiger partial charge in [0, 0.05) is 10.7 Å². The molecule has 0 fully saturated rings. The molecule has 1 aromatic heterocycles. The van der Waals surface area contributed by atoms with Gasteiger partial charge in [0.05, 0.1) is 5.69 Å². The predicted molar refractivity (Wildman–Crippen MR) is 74.6 cm³/mol. The molecule has 0 saturated carbocycles. The highest BCUT2D eigenvalue weighted by Gasteiger charge is 2.17. The van der Waals surface area contributed by atoms with Gasteiger partial charge in [-0.25, -0.2) is 0 Å². The van der Waals surface area contributed by atoms with Gasteiger partial charge >= 0.3 is 0 Å². The smallest absolute Gasteiger partial charge is 0.0694 e. The first-order valence-corrected chi connectivity index (χ1v) is 6.52. The predicted octanol–water partition coefficient (Wildman–Crippen LogP) is 4.33. The largest absolute Gasteiger partial charge is 0.255 e. The van der Waals surface area contributed by atoms with Crippen LogP contribution in [0.1, 0.15) is 23.2 Å². The van der Waals surface area contributed by atoms with E-state index in [1.165, 1.54) is 16.7 Å². The second-order valence-corrected chi connectivity index (χ2v) is 5.16. The number of fused-ring (bicyclic) bond motifs is 1. The van der Waals surface area contributed by atoms with Crippen molar-refractivity contribution in [3.05, 3.63) is 63.9 Å². The lowest BCUT2D eigenvalue weighted by Crippen LogP contribution is -1.86. The molecule has 1 nitrogen and oxygen atoms in total. The maximum absolute atomic E-state index is 4.52. The monoisotopic (exact) mass is 285 g/mol. The summed E-state index contributed by atoms with van der Waals surface area (Å²) >= 11 is 3.47. The molecular weight excluding hydrogens is 274 g/mol. The molecule has 0 saturated heterocycles. The van der Waals surface area contributed by atoms with Gasteiger partial charge in [0.2, 0.25) is 0 Å². The Bertz CT molecular complexity index is 573. The molecule has 1 aromatic carbocycles. The molecule has 0 bridgehead atoms. The van der Waals surface area contributed by atoms with Crippen molar-refractivity contribution in [3.8, 4) is 0 Å². The van der Waals surface area contributed by atoms with Crippen molar-refractivity contribution >= 4 is 27.6 Å². The van der Waals surface area contributed by atoms with Gasteiger partial charge in [-0.05, 0) is 57.6 Å². The van der Waals surface area contributed by atoms with Crippen LogP contribution in [0.4, 0.5) is 0 Å². The minimum absolute atomic E-state index is 1.07. The Morgan fingerprint density at radius 3 is 2.76 bits per heavy atom. The zero-order chi connectivity index (χ0) is 11.7. The van der Waals surface area contributed by atoms with Gasteiger partial charge < -0.3 is 0 Å². The zero-order valence-electron chi connectivity index (χ0n) is 9.36. The van der Waals surface area contributed by atoms with Gasteiger partial charge in [0.25, 0.3) is 0 Å². The number of rotatable bonds is 1. The molecule has 1 aliphatic carbocycles. The van der Waals surface area contributed by atoms with E-state index in [-0.39, 0.29) is 0 Å². The number of allylic oxidation sites excluding steroid dienone is 1. The van der Waals surface area contributed by atoms with E-state index in [4.69, 9.17) is 0 Å². The van der Waals surface area contributed by atoms with Crippen molar-refractivity contribution in [2.24, 2.45) is 0 Å². The average molecular weight is 286 g/mol. The fraction of sp³-hybridized carbons (Fsp3) is 0.133. The summed E-state index contributed by atoms with van der Waals surface area (Å²) < 4.78 is 1.07. The van der Waals surface area contributed by atoms with Crippen LogP contribution >= 0.6 is 15.9 Å². The van der Waals surface area contributed by atoms with E-state index < -0.39 is 0 Å². The summed E-state index contributed by atoms with van der Waals surface area (Å²) in [5.74, 6) is 0. The van der Waals surface area contributed by atoms with Crippen LogP contribution in [0.2, 0.25) is 0 Å². The summed E-state index contributed by atoms with van der Waals surface area (Å²) in [6, 6.07) is 12.6. The van der Waals surface area contributed by atoms with E-state index >= 15 is 0 Å². The van der Waals surface area contributed by atoms with Gasteiger partial charge in [-0.2, -0.15) is 0 Å². The Morgan fingerprint density at radius 2 is 1.94 bits per heavy atom. The maximum atomic E-state index is 4.52. The molecule has 0 atom stereocenters. The summed E-state index contributed by atoms with van der Waals surface area (Å²) in [5, 5.41) is 0. The highest BCUT2D eigenvalue weighted by Crippen LogP contribution is 2.33. The number of nitrogens with zero attached hydrogens (tertiary/aromatic N) is 1. The first-order valence-electron chi connectivity index (χ1n) is 5.73. The second-order valence-electron chi connectivity index (χ2n) is 4.24. The first kappa shape index (κ1) is 10.7. The van der Waals surface area contributed by atoms with E-state index in [0.717, 1.165) is 23.0 Å². The quantitative estimate of drug-likeness (QED) is 0.760. The molecule has 1 aliphatic rings. The molecule has 0 aliphatic heterocycles. The van der Waals surface area contributed by atoms with Crippen molar-refractivity contribution < 1.29 is 0 Å². The van der Waals surface area contributed by atoms with E-state index in [1.807, 2.05) is 12.3 Å². The van der Waals surface area contributed by atoms with Crippen LogP contribution in [-0.4, -0.2) is 4.98 Å². The van der Waals surface area contributed by atoms with E-state index in [9.17, 15) is 0 Å². The first-order chi connectivity index (χ1) is 8.33. The molecule has 2 heteroatoms. The summed E-state index contributed by atoms with van der Waals surface area (Å²) in [6.07, 6.45) is 6.31. The molecule has 84 valence electrons. The van der Waals surface area contributed by atoms with E-state index in [1.54, 1.807) is 0 Å². The van der Waals surface area contributed by atoms with Crippen molar-refractivity contribution in [1.29, 1.82) is 0 Å². The Labute approximate surface area is 109 Å². The summed E-state index contributed by atoms with van der Waals surface area (Å²) in [6.45, 7) is 0. The molecular formula is C15H12BrN. The Morgan fingerprint density at radius 1 is 1.12 bits per heavy atom. The van der Waals surface area contributed by atoms with Crippen molar-refractivity contribution in [1.82, 2.24) is 4.98 Å². The minimum atomic E-state index is 1.07. The molecule has 2 aromatic rings. The molecule has 0 N–H and O–H groups in total. The van der Waals surface area contributed by atoms with Gasteiger partial charge in [0.15, 0.2) is 0 Å². The highest BCUT2D eigenvalue weighted by atomic mass is 79.9. The molecule has 1 heterocycles.